The summed E-state index contributed by atoms with van der Waals surface area (Å²) in [5.41, 5.74) is 0.976. The topological polar surface area (TPSA) is 58.1 Å². The monoisotopic (exact) mass is 352 g/mol. The Labute approximate surface area is 143 Å². The van der Waals surface area contributed by atoms with Gasteiger partial charge in [-0.2, -0.15) is 13.2 Å². The maximum atomic E-state index is 12.4. The number of aryl methyl sites for hydroxylation is 1. The van der Waals surface area contributed by atoms with Crippen molar-refractivity contribution in [3.05, 3.63) is 53.9 Å². The number of amides is 1. The van der Waals surface area contributed by atoms with Gasteiger partial charge in [-0.15, -0.1) is 0 Å². The van der Waals surface area contributed by atoms with Crippen molar-refractivity contribution in [2.75, 3.05) is 19.4 Å². The largest absolute Gasteiger partial charge is 0.389 e. The molecule has 134 valence electrons. The van der Waals surface area contributed by atoms with E-state index in [-0.39, 0.29) is 24.0 Å². The summed E-state index contributed by atoms with van der Waals surface area (Å²) in [5, 5.41) is 2.92. The molecule has 0 aliphatic rings. The lowest BCUT2D eigenvalue weighted by molar-refractivity contribution is -0.134. The van der Waals surface area contributed by atoms with Gasteiger partial charge >= 0.3 is 6.18 Å². The van der Waals surface area contributed by atoms with Crippen LogP contribution in [0.2, 0.25) is 0 Å². The van der Waals surface area contributed by atoms with Gasteiger partial charge in [0.15, 0.2) is 0 Å². The molecule has 2 aromatic rings. The minimum atomic E-state index is -4.24. The maximum absolute atomic E-state index is 12.4. The first kappa shape index (κ1) is 18.7. The summed E-state index contributed by atoms with van der Waals surface area (Å²) >= 11 is 0. The van der Waals surface area contributed by atoms with Crippen LogP contribution in [0, 0.1) is 0 Å². The second kappa shape index (κ2) is 7.96. The standard InChI is InChI=1S/C17H19F3N4O/c1-24(2)15(25)14(12-6-4-3-5-7-12)23-16-21-11-9-13(22-16)8-10-17(18,19)20/h3-7,9,11,14H,8,10H2,1-2H3,(H,21,22,23)/t14-/m0/s1. The van der Waals surface area contributed by atoms with E-state index in [4.69, 9.17) is 0 Å². The highest BCUT2D eigenvalue weighted by atomic mass is 19.4. The molecule has 1 aromatic heterocycles. The summed E-state index contributed by atoms with van der Waals surface area (Å²) in [4.78, 5) is 22.0. The van der Waals surface area contributed by atoms with Gasteiger partial charge in [0.1, 0.15) is 6.04 Å². The van der Waals surface area contributed by atoms with Crippen molar-refractivity contribution in [2.45, 2.75) is 25.1 Å². The number of carbonyl (C=O) groups is 1. The average Bonchev–Trinajstić information content (AvgIpc) is 2.58. The molecule has 0 aliphatic carbocycles. The van der Waals surface area contributed by atoms with Gasteiger partial charge in [0.2, 0.25) is 11.9 Å². The molecule has 0 fully saturated rings. The molecule has 2 rings (SSSR count). The van der Waals surface area contributed by atoms with Crippen molar-refractivity contribution < 1.29 is 18.0 Å². The smallest absolute Gasteiger partial charge is 0.347 e. The van der Waals surface area contributed by atoms with Crippen LogP contribution in [0.3, 0.4) is 0 Å². The molecule has 1 N–H and O–H groups in total. The zero-order valence-electron chi connectivity index (χ0n) is 13.9. The molecular weight excluding hydrogens is 333 g/mol. The minimum absolute atomic E-state index is 0.115. The first-order valence-electron chi connectivity index (χ1n) is 7.67. The lowest BCUT2D eigenvalue weighted by Gasteiger charge is -2.22. The maximum Gasteiger partial charge on any atom is 0.389 e. The zero-order chi connectivity index (χ0) is 18.4. The van der Waals surface area contributed by atoms with Crippen LogP contribution in [0.1, 0.15) is 23.7 Å². The van der Waals surface area contributed by atoms with Crippen LogP contribution in [0.25, 0.3) is 0 Å². The van der Waals surface area contributed by atoms with Crippen LogP contribution in [-0.4, -0.2) is 41.0 Å². The molecule has 1 heterocycles. The third-order valence-corrected chi connectivity index (χ3v) is 3.47. The van der Waals surface area contributed by atoms with E-state index >= 15 is 0 Å². The number of likely N-dealkylation sites (N-methyl/N-ethyl adjacent to an activating group) is 1. The lowest BCUT2D eigenvalue weighted by Crippen LogP contribution is -2.33. The Morgan fingerprint density at radius 1 is 1.20 bits per heavy atom. The predicted molar refractivity (Wildman–Crippen MR) is 87.9 cm³/mol. The molecular formula is C17H19F3N4O. The van der Waals surface area contributed by atoms with Crippen molar-refractivity contribution in [3.63, 3.8) is 0 Å². The SMILES string of the molecule is CN(C)C(=O)[C@@H](Nc1nccc(CCC(F)(F)F)n1)c1ccccc1. The summed E-state index contributed by atoms with van der Waals surface area (Å²) in [6.45, 7) is 0. The van der Waals surface area contributed by atoms with E-state index < -0.39 is 18.6 Å². The van der Waals surface area contributed by atoms with Gasteiger partial charge in [0.25, 0.3) is 0 Å². The Kier molecular flexibility index (Phi) is 5.95. The van der Waals surface area contributed by atoms with Crippen molar-refractivity contribution in [1.82, 2.24) is 14.9 Å². The zero-order valence-corrected chi connectivity index (χ0v) is 13.9. The number of benzene rings is 1. The first-order chi connectivity index (χ1) is 11.8. The Balaban J connectivity index is 2.20. The van der Waals surface area contributed by atoms with Crippen molar-refractivity contribution in [3.8, 4) is 0 Å². The molecule has 0 radical (unpaired) electrons. The van der Waals surface area contributed by atoms with E-state index in [1.54, 1.807) is 38.4 Å². The van der Waals surface area contributed by atoms with Gasteiger partial charge in [-0.05, 0) is 18.1 Å². The van der Waals surface area contributed by atoms with E-state index in [1.807, 2.05) is 6.07 Å². The number of anilines is 1. The third-order valence-electron chi connectivity index (χ3n) is 3.47. The quantitative estimate of drug-likeness (QED) is 0.867. The molecule has 1 atom stereocenters. The van der Waals surface area contributed by atoms with E-state index in [0.717, 1.165) is 0 Å². The van der Waals surface area contributed by atoms with Crippen LogP contribution in [-0.2, 0) is 11.2 Å². The van der Waals surface area contributed by atoms with Gasteiger partial charge in [-0.3, -0.25) is 4.79 Å². The van der Waals surface area contributed by atoms with Gasteiger partial charge in [0, 0.05) is 32.4 Å². The van der Waals surface area contributed by atoms with Crippen molar-refractivity contribution >= 4 is 11.9 Å². The van der Waals surface area contributed by atoms with Crippen LogP contribution in [0.15, 0.2) is 42.6 Å². The summed E-state index contributed by atoms with van der Waals surface area (Å²) in [7, 11) is 3.25. The number of halogens is 3. The van der Waals surface area contributed by atoms with Crippen LogP contribution < -0.4 is 5.32 Å². The minimum Gasteiger partial charge on any atom is -0.347 e. The molecule has 5 nitrogen and oxygen atoms in total. The van der Waals surface area contributed by atoms with Crippen LogP contribution >= 0.6 is 0 Å². The fourth-order valence-corrected chi connectivity index (χ4v) is 2.20. The van der Waals surface area contributed by atoms with E-state index in [9.17, 15) is 18.0 Å². The van der Waals surface area contributed by atoms with Crippen molar-refractivity contribution in [1.29, 1.82) is 0 Å². The Bertz CT molecular complexity index is 705. The third kappa shape index (κ3) is 5.74. The summed E-state index contributed by atoms with van der Waals surface area (Å²) in [6, 6.07) is 9.70. The van der Waals surface area contributed by atoms with Crippen LogP contribution in [0.5, 0.6) is 0 Å². The Morgan fingerprint density at radius 2 is 1.88 bits per heavy atom. The highest BCUT2D eigenvalue weighted by Gasteiger charge is 2.27. The Hall–Kier alpha value is -2.64. The summed E-state index contributed by atoms with van der Waals surface area (Å²) in [6.07, 6.45) is -4.06. The molecule has 0 saturated carbocycles. The summed E-state index contributed by atoms with van der Waals surface area (Å²) < 4.78 is 37.1. The summed E-state index contributed by atoms with van der Waals surface area (Å²) in [5.74, 6) is -0.0979. The average molecular weight is 352 g/mol. The number of hydrogen-bond donors (Lipinski definition) is 1. The molecule has 0 saturated heterocycles. The molecule has 8 heteroatoms. The number of nitrogens with zero attached hydrogens (tertiary/aromatic N) is 3. The number of rotatable bonds is 6. The fourth-order valence-electron chi connectivity index (χ4n) is 2.20. The van der Waals surface area contributed by atoms with E-state index in [2.05, 4.69) is 15.3 Å². The molecule has 0 bridgehead atoms. The number of nitrogens with one attached hydrogen (secondary N) is 1. The predicted octanol–water partition coefficient (Wildman–Crippen LogP) is 3.21. The van der Waals surface area contributed by atoms with Crippen molar-refractivity contribution in [2.24, 2.45) is 0 Å². The molecule has 0 unspecified atom stereocenters. The van der Waals surface area contributed by atoms with Gasteiger partial charge in [-0.1, -0.05) is 30.3 Å². The van der Waals surface area contributed by atoms with Gasteiger partial charge in [0.05, 0.1) is 0 Å². The molecule has 25 heavy (non-hydrogen) atoms. The van der Waals surface area contributed by atoms with Crippen LogP contribution in [0.4, 0.5) is 19.1 Å². The number of hydrogen-bond acceptors (Lipinski definition) is 4. The molecule has 1 aromatic carbocycles. The second-order valence-electron chi connectivity index (χ2n) is 5.71. The van der Waals surface area contributed by atoms with Gasteiger partial charge in [-0.25, -0.2) is 9.97 Å². The Morgan fingerprint density at radius 3 is 2.48 bits per heavy atom. The number of carbonyl (C=O) groups excluding carboxylic acids is 1. The van der Waals surface area contributed by atoms with Gasteiger partial charge < -0.3 is 10.2 Å². The highest BCUT2D eigenvalue weighted by molar-refractivity contribution is 5.85. The normalized spacial score (nSPS) is 12.5. The molecule has 0 aliphatic heterocycles. The second-order valence-corrected chi connectivity index (χ2v) is 5.71. The number of alkyl halides is 3. The highest BCUT2D eigenvalue weighted by Crippen LogP contribution is 2.23. The first-order valence-corrected chi connectivity index (χ1v) is 7.67. The molecule has 0 spiro atoms. The van der Waals surface area contributed by atoms with E-state index in [0.29, 0.717) is 5.56 Å². The van der Waals surface area contributed by atoms with E-state index in [1.165, 1.54) is 17.2 Å². The fraction of sp³-hybridized carbons (Fsp3) is 0.353. The molecule has 1 amide bonds. The number of aromatic nitrogens is 2. The lowest BCUT2D eigenvalue weighted by atomic mass is 10.1.